The molecule has 1 saturated heterocycles. The topological polar surface area (TPSA) is 52.7 Å². The van der Waals surface area contributed by atoms with Crippen LogP contribution in [0.2, 0.25) is 5.02 Å². The second kappa shape index (κ2) is 7.99. The highest BCUT2D eigenvalue weighted by Gasteiger charge is 2.25. The summed E-state index contributed by atoms with van der Waals surface area (Å²) < 4.78 is 0. The second-order valence-corrected chi connectivity index (χ2v) is 7.08. The zero-order chi connectivity index (χ0) is 16.9. The Balaban J connectivity index is 1.39. The highest BCUT2D eigenvalue weighted by atomic mass is 35.5. The summed E-state index contributed by atoms with van der Waals surface area (Å²) in [6.45, 7) is 3.83. The van der Waals surface area contributed by atoms with Crippen LogP contribution in [0, 0.1) is 5.92 Å². The first kappa shape index (κ1) is 17.2. The van der Waals surface area contributed by atoms with Crippen LogP contribution >= 0.6 is 11.6 Å². The van der Waals surface area contributed by atoms with E-state index in [2.05, 4.69) is 5.32 Å². The molecule has 1 aromatic rings. The van der Waals surface area contributed by atoms with Crippen LogP contribution in [-0.4, -0.2) is 60.9 Å². The number of hydrogen-bond acceptors (Lipinski definition) is 3. The van der Waals surface area contributed by atoms with Gasteiger partial charge in [0.2, 0.25) is 11.8 Å². The van der Waals surface area contributed by atoms with Gasteiger partial charge >= 0.3 is 0 Å². The van der Waals surface area contributed by atoms with E-state index in [0.29, 0.717) is 44.2 Å². The minimum atomic E-state index is 0.108. The van der Waals surface area contributed by atoms with E-state index in [1.54, 1.807) is 12.1 Å². The number of piperazine rings is 1. The third kappa shape index (κ3) is 4.95. The molecule has 1 heterocycles. The van der Waals surface area contributed by atoms with Crippen molar-refractivity contribution in [3.63, 3.8) is 0 Å². The Hall–Kier alpha value is -1.59. The molecule has 24 heavy (non-hydrogen) atoms. The molecule has 2 aliphatic rings. The van der Waals surface area contributed by atoms with Crippen molar-refractivity contribution in [2.45, 2.75) is 19.3 Å². The molecule has 0 aromatic heterocycles. The second-order valence-electron chi connectivity index (χ2n) is 6.64. The van der Waals surface area contributed by atoms with E-state index in [4.69, 9.17) is 11.6 Å². The van der Waals surface area contributed by atoms with Crippen LogP contribution in [0.1, 0.15) is 18.4 Å². The Kier molecular flexibility index (Phi) is 5.74. The van der Waals surface area contributed by atoms with Gasteiger partial charge in [0.15, 0.2) is 0 Å². The minimum Gasteiger partial charge on any atom is -0.339 e. The quantitative estimate of drug-likeness (QED) is 0.848. The lowest BCUT2D eigenvalue weighted by molar-refractivity contribution is -0.138. The minimum absolute atomic E-state index is 0.108. The lowest BCUT2D eigenvalue weighted by Crippen LogP contribution is -2.52. The van der Waals surface area contributed by atoms with Gasteiger partial charge in [-0.25, -0.2) is 0 Å². The summed E-state index contributed by atoms with van der Waals surface area (Å²) in [5, 5.41) is 3.91. The first-order chi connectivity index (χ1) is 11.6. The van der Waals surface area contributed by atoms with Crippen molar-refractivity contribution >= 4 is 23.4 Å². The molecule has 0 unspecified atom stereocenters. The zero-order valence-electron chi connectivity index (χ0n) is 13.8. The Morgan fingerprint density at radius 1 is 1.00 bits per heavy atom. The largest absolute Gasteiger partial charge is 0.339 e. The van der Waals surface area contributed by atoms with Gasteiger partial charge in [0, 0.05) is 31.2 Å². The van der Waals surface area contributed by atoms with Gasteiger partial charge in [-0.1, -0.05) is 23.7 Å². The maximum atomic E-state index is 12.4. The average Bonchev–Trinajstić information content (AvgIpc) is 3.41. The standard InChI is InChI=1S/C18H24ClN3O2/c19-16-5-3-14(4-6-16)11-17(23)21-7-9-22(10-8-21)18(24)13-20-12-15-1-2-15/h3-6,15,20H,1-2,7-13H2. The molecule has 6 heteroatoms. The molecule has 0 bridgehead atoms. The van der Waals surface area contributed by atoms with Crippen molar-refractivity contribution in [3.05, 3.63) is 34.9 Å². The monoisotopic (exact) mass is 349 g/mol. The first-order valence-corrected chi connectivity index (χ1v) is 9.00. The molecule has 1 aliphatic heterocycles. The number of nitrogens with zero attached hydrogens (tertiary/aromatic N) is 2. The van der Waals surface area contributed by atoms with Crippen molar-refractivity contribution in [1.29, 1.82) is 0 Å². The van der Waals surface area contributed by atoms with Gasteiger partial charge < -0.3 is 15.1 Å². The van der Waals surface area contributed by atoms with Crippen molar-refractivity contribution in [2.75, 3.05) is 39.3 Å². The fraction of sp³-hybridized carbons (Fsp3) is 0.556. The Bertz CT molecular complexity index is 578. The number of hydrogen-bond donors (Lipinski definition) is 1. The average molecular weight is 350 g/mol. The molecule has 0 atom stereocenters. The van der Waals surface area contributed by atoms with Crippen molar-refractivity contribution in [3.8, 4) is 0 Å². The molecule has 3 rings (SSSR count). The summed E-state index contributed by atoms with van der Waals surface area (Å²) in [6, 6.07) is 7.36. The third-order valence-corrected chi connectivity index (χ3v) is 4.91. The number of rotatable bonds is 6. The fourth-order valence-electron chi connectivity index (χ4n) is 2.91. The van der Waals surface area contributed by atoms with E-state index in [-0.39, 0.29) is 11.8 Å². The smallest absolute Gasteiger partial charge is 0.236 e. The van der Waals surface area contributed by atoms with E-state index in [1.165, 1.54) is 12.8 Å². The molecular weight excluding hydrogens is 326 g/mol. The molecule has 1 aliphatic carbocycles. The molecule has 0 radical (unpaired) electrons. The van der Waals surface area contributed by atoms with E-state index >= 15 is 0 Å². The predicted octanol–water partition coefficient (Wildman–Crippen LogP) is 1.55. The van der Waals surface area contributed by atoms with Crippen LogP contribution in [0.25, 0.3) is 0 Å². The van der Waals surface area contributed by atoms with Gasteiger partial charge in [0.1, 0.15) is 0 Å². The highest BCUT2D eigenvalue weighted by Crippen LogP contribution is 2.27. The van der Waals surface area contributed by atoms with Crippen LogP contribution < -0.4 is 5.32 Å². The number of carbonyl (C=O) groups is 2. The maximum absolute atomic E-state index is 12.4. The molecular formula is C18H24ClN3O2. The molecule has 1 N–H and O–H groups in total. The molecule has 5 nitrogen and oxygen atoms in total. The summed E-state index contributed by atoms with van der Waals surface area (Å²) in [7, 11) is 0. The van der Waals surface area contributed by atoms with Gasteiger partial charge in [0.05, 0.1) is 13.0 Å². The number of halogens is 1. The first-order valence-electron chi connectivity index (χ1n) is 8.62. The summed E-state index contributed by atoms with van der Waals surface area (Å²) in [5.41, 5.74) is 0.965. The summed E-state index contributed by atoms with van der Waals surface area (Å²) in [5.74, 6) is 1.02. The summed E-state index contributed by atoms with van der Waals surface area (Å²) >= 11 is 5.86. The Morgan fingerprint density at radius 3 is 2.17 bits per heavy atom. The van der Waals surface area contributed by atoms with Crippen LogP contribution in [-0.2, 0) is 16.0 Å². The predicted molar refractivity (Wildman–Crippen MR) is 93.9 cm³/mol. The van der Waals surface area contributed by atoms with E-state index in [9.17, 15) is 9.59 Å². The summed E-state index contributed by atoms with van der Waals surface area (Å²) in [6.07, 6.45) is 2.96. The number of amides is 2. The van der Waals surface area contributed by atoms with Gasteiger partial charge in [-0.05, 0) is 43.0 Å². The fourth-order valence-corrected chi connectivity index (χ4v) is 3.04. The molecule has 2 amide bonds. The number of carbonyl (C=O) groups excluding carboxylic acids is 2. The molecule has 0 spiro atoms. The van der Waals surface area contributed by atoms with Crippen LogP contribution in [0.5, 0.6) is 0 Å². The van der Waals surface area contributed by atoms with Crippen molar-refractivity contribution < 1.29 is 9.59 Å². The maximum Gasteiger partial charge on any atom is 0.236 e. The zero-order valence-corrected chi connectivity index (χ0v) is 14.6. The number of benzene rings is 1. The third-order valence-electron chi connectivity index (χ3n) is 4.66. The lowest BCUT2D eigenvalue weighted by atomic mass is 10.1. The lowest BCUT2D eigenvalue weighted by Gasteiger charge is -2.35. The normalized spacial score (nSPS) is 17.9. The highest BCUT2D eigenvalue weighted by molar-refractivity contribution is 6.30. The molecule has 1 saturated carbocycles. The molecule has 2 fully saturated rings. The van der Waals surface area contributed by atoms with Crippen molar-refractivity contribution in [2.24, 2.45) is 5.92 Å². The van der Waals surface area contributed by atoms with Crippen LogP contribution in [0.3, 0.4) is 0 Å². The molecule has 130 valence electrons. The Labute approximate surface area is 147 Å². The van der Waals surface area contributed by atoms with Gasteiger partial charge in [-0.3, -0.25) is 9.59 Å². The van der Waals surface area contributed by atoms with Crippen LogP contribution in [0.15, 0.2) is 24.3 Å². The van der Waals surface area contributed by atoms with Crippen LogP contribution in [0.4, 0.5) is 0 Å². The van der Waals surface area contributed by atoms with E-state index in [0.717, 1.165) is 18.0 Å². The number of nitrogens with one attached hydrogen (secondary N) is 1. The van der Waals surface area contributed by atoms with Gasteiger partial charge in [-0.2, -0.15) is 0 Å². The van der Waals surface area contributed by atoms with Gasteiger partial charge in [-0.15, -0.1) is 0 Å². The van der Waals surface area contributed by atoms with Gasteiger partial charge in [0.25, 0.3) is 0 Å². The Morgan fingerprint density at radius 2 is 1.58 bits per heavy atom. The SMILES string of the molecule is O=C(CNCC1CC1)N1CCN(C(=O)Cc2ccc(Cl)cc2)CC1. The summed E-state index contributed by atoms with van der Waals surface area (Å²) in [4.78, 5) is 28.2. The van der Waals surface area contributed by atoms with E-state index in [1.807, 2.05) is 21.9 Å². The van der Waals surface area contributed by atoms with Crippen molar-refractivity contribution in [1.82, 2.24) is 15.1 Å². The van der Waals surface area contributed by atoms with E-state index < -0.39 is 0 Å². The molecule has 1 aromatic carbocycles.